The van der Waals surface area contributed by atoms with Crippen molar-refractivity contribution in [1.82, 2.24) is 9.59 Å². The number of amides is 1. The van der Waals surface area contributed by atoms with Crippen LogP contribution in [0.3, 0.4) is 0 Å². The van der Waals surface area contributed by atoms with Crippen molar-refractivity contribution < 1.29 is 4.79 Å². The van der Waals surface area contributed by atoms with Crippen LogP contribution in [0.15, 0.2) is 48.0 Å². The van der Waals surface area contributed by atoms with E-state index < -0.39 is 0 Å². The van der Waals surface area contributed by atoms with Gasteiger partial charge in [0.2, 0.25) is 5.91 Å². The molecule has 1 N–H and O–H groups in total. The predicted octanol–water partition coefficient (Wildman–Crippen LogP) is 3.45. The van der Waals surface area contributed by atoms with Gasteiger partial charge in [-0.2, -0.15) is 0 Å². The Hall–Kier alpha value is -2.05. The summed E-state index contributed by atoms with van der Waals surface area (Å²) in [7, 11) is 0. The molecule has 0 unspecified atom stereocenters. The van der Waals surface area contributed by atoms with Gasteiger partial charge in [-0.15, -0.1) is 16.4 Å². The Kier molecular flexibility index (Phi) is 3.85. The first-order valence-corrected chi connectivity index (χ1v) is 7.66. The molecule has 6 heteroatoms. The monoisotopic (exact) mass is 301 g/mol. The second-order valence-electron chi connectivity index (χ2n) is 4.16. The Balaban J connectivity index is 1.65. The second-order valence-corrected chi connectivity index (χ2v) is 5.98. The molecule has 0 aliphatic rings. The van der Waals surface area contributed by atoms with Crippen molar-refractivity contribution >= 4 is 34.5 Å². The molecule has 0 radical (unpaired) electrons. The summed E-state index contributed by atoms with van der Waals surface area (Å²) in [5, 5.41) is 8.68. The molecule has 4 nitrogen and oxygen atoms in total. The van der Waals surface area contributed by atoms with E-state index in [1.54, 1.807) is 17.5 Å². The number of nitrogens with one attached hydrogen (secondary N) is 1. The predicted molar refractivity (Wildman–Crippen MR) is 82.0 cm³/mol. The maximum Gasteiger partial charge on any atom is 0.229 e. The van der Waals surface area contributed by atoms with E-state index >= 15 is 0 Å². The lowest BCUT2D eigenvalue weighted by molar-refractivity contribution is -0.115. The molecule has 100 valence electrons. The van der Waals surface area contributed by atoms with Gasteiger partial charge in [-0.05, 0) is 40.7 Å². The zero-order valence-corrected chi connectivity index (χ0v) is 12.1. The van der Waals surface area contributed by atoms with Crippen molar-refractivity contribution in [2.24, 2.45) is 0 Å². The molecule has 3 rings (SSSR count). The highest BCUT2D eigenvalue weighted by atomic mass is 32.1. The number of hydrogen-bond donors (Lipinski definition) is 1. The summed E-state index contributed by atoms with van der Waals surface area (Å²) in [6, 6.07) is 11.6. The fourth-order valence-corrected chi connectivity index (χ4v) is 3.01. The Labute approximate surface area is 124 Å². The molecule has 0 spiro atoms. The molecular formula is C14H11N3OS2. The number of carbonyl (C=O) groups is 1. The first-order chi connectivity index (χ1) is 9.81. The topological polar surface area (TPSA) is 54.9 Å². The van der Waals surface area contributed by atoms with E-state index in [2.05, 4.69) is 14.9 Å². The Morgan fingerprint density at radius 1 is 1.20 bits per heavy atom. The van der Waals surface area contributed by atoms with Crippen molar-refractivity contribution in [2.45, 2.75) is 6.42 Å². The molecule has 0 aliphatic heterocycles. The van der Waals surface area contributed by atoms with Crippen LogP contribution in [0.5, 0.6) is 0 Å². The van der Waals surface area contributed by atoms with E-state index in [1.165, 1.54) is 11.5 Å². The number of hydrogen-bond acceptors (Lipinski definition) is 5. The molecule has 20 heavy (non-hydrogen) atoms. The largest absolute Gasteiger partial charge is 0.326 e. The fourth-order valence-electron chi connectivity index (χ4n) is 1.79. The highest BCUT2D eigenvalue weighted by Gasteiger charge is 2.05. The van der Waals surface area contributed by atoms with Gasteiger partial charge in [0.1, 0.15) is 0 Å². The molecular weight excluding hydrogens is 290 g/mol. The number of nitrogens with zero attached hydrogens (tertiary/aromatic N) is 2. The molecule has 1 amide bonds. The Bertz CT molecular complexity index is 676. The minimum atomic E-state index is -0.000318. The smallest absolute Gasteiger partial charge is 0.229 e. The summed E-state index contributed by atoms with van der Waals surface area (Å²) in [4.78, 5) is 14.0. The lowest BCUT2D eigenvalue weighted by atomic mass is 10.2. The van der Waals surface area contributed by atoms with Crippen LogP contribution in [0.1, 0.15) is 4.88 Å². The third kappa shape index (κ3) is 3.09. The molecule has 2 heterocycles. The van der Waals surface area contributed by atoms with Crippen LogP contribution in [0.4, 0.5) is 5.69 Å². The number of carbonyl (C=O) groups excluding carboxylic acids is 1. The van der Waals surface area contributed by atoms with Crippen LogP contribution in [0.2, 0.25) is 0 Å². The summed E-state index contributed by atoms with van der Waals surface area (Å²) < 4.78 is 3.83. The van der Waals surface area contributed by atoms with E-state index in [0.717, 1.165) is 21.0 Å². The molecule has 2 aromatic heterocycles. The molecule has 0 fully saturated rings. The van der Waals surface area contributed by atoms with Crippen LogP contribution in [0, 0.1) is 0 Å². The van der Waals surface area contributed by atoms with E-state index in [-0.39, 0.29) is 5.91 Å². The van der Waals surface area contributed by atoms with Gasteiger partial charge in [-0.25, -0.2) is 0 Å². The van der Waals surface area contributed by atoms with Crippen LogP contribution in [-0.4, -0.2) is 15.5 Å². The standard InChI is InChI=1S/C14H11N3OS2/c18-14(8-12-2-1-7-19-12)16-11-5-3-10(4-6-11)13-9-15-17-20-13/h1-7,9H,8H2,(H,16,18). The van der Waals surface area contributed by atoms with Gasteiger partial charge in [0.15, 0.2) is 0 Å². The lowest BCUT2D eigenvalue weighted by Crippen LogP contribution is -2.13. The van der Waals surface area contributed by atoms with Gasteiger partial charge >= 0.3 is 0 Å². The average Bonchev–Trinajstić information content (AvgIpc) is 3.12. The van der Waals surface area contributed by atoms with Gasteiger partial charge in [0.25, 0.3) is 0 Å². The minimum Gasteiger partial charge on any atom is -0.326 e. The molecule has 0 bridgehead atoms. The highest BCUT2D eigenvalue weighted by molar-refractivity contribution is 7.10. The molecule has 1 aromatic carbocycles. The Morgan fingerprint density at radius 2 is 2.05 bits per heavy atom. The molecule has 0 saturated heterocycles. The van der Waals surface area contributed by atoms with Crippen LogP contribution in [0.25, 0.3) is 10.4 Å². The number of thiophene rings is 1. The summed E-state index contributed by atoms with van der Waals surface area (Å²) in [6.07, 6.45) is 2.15. The van der Waals surface area contributed by atoms with Gasteiger partial charge < -0.3 is 5.32 Å². The Morgan fingerprint density at radius 3 is 2.70 bits per heavy atom. The zero-order valence-electron chi connectivity index (χ0n) is 10.4. The summed E-state index contributed by atoms with van der Waals surface area (Å²) >= 11 is 2.94. The van der Waals surface area contributed by atoms with Crippen LogP contribution >= 0.6 is 22.9 Å². The second kappa shape index (κ2) is 5.94. The third-order valence-corrected chi connectivity index (χ3v) is 4.32. The van der Waals surface area contributed by atoms with Crippen molar-refractivity contribution in [3.05, 3.63) is 52.9 Å². The van der Waals surface area contributed by atoms with Crippen molar-refractivity contribution in [1.29, 1.82) is 0 Å². The third-order valence-electron chi connectivity index (χ3n) is 2.73. The summed E-state index contributed by atoms with van der Waals surface area (Å²) in [6.45, 7) is 0. The lowest BCUT2D eigenvalue weighted by Gasteiger charge is -2.05. The van der Waals surface area contributed by atoms with Crippen LogP contribution < -0.4 is 5.32 Å². The number of rotatable bonds is 4. The van der Waals surface area contributed by atoms with Crippen molar-refractivity contribution in [3.63, 3.8) is 0 Å². The van der Waals surface area contributed by atoms with Crippen molar-refractivity contribution in [2.75, 3.05) is 5.32 Å². The maximum atomic E-state index is 11.9. The minimum absolute atomic E-state index is 0.000318. The summed E-state index contributed by atoms with van der Waals surface area (Å²) in [5.74, 6) is -0.000318. The van der Waals surface area contributed by atoms with E-state index in [9.17, 15) is 4.79 Å². The van der Waals surface area contributed by atoms with Gasteiger partial charge in [-0.1, -0.05) is 22.7 Å². The molecule has 3 aromatic rings. The van der Waals surface area contributed by atoms with Crippen molar-refractivity contribution in [3.8, 4) is 10.4 Å². The van der Waals surface area contributed by atoms with E-state index in [0.29, 0.717) is 6.42 Å². The van der Waals surface area contributed by atoms with Crippen LogP contribution in [-0.2, 0) is 11.2 Å². The molecule has 0 atom stereocenters. The SMILES string of the molecule is O=C(Cc1cccs1)Nc1ccc(-c2cnns2)cc1. The van der Waals surface area contributed by atoms with Gasteiger partial charge in [0, 0.05) is 10.6 Å². The first-order valence-electron chi connectivity index (χ1n) is 6.01. The summed E-state index contributed by atoms with van der Waals surface area (Å²) in [5.41, 5.74) is 1.85. The fraction of sp³-hybridized carbons (Fsp3) is 0.0714. The maximum absolute atomic E-state index is 11.9. The first kappa shape index (κ1) is 13.0. The highest BCUT2D eigenvalue weighted by Crippen LogP contribution is 2.23. The van der Waals surface area contributed by atoms with Gasteiger partial charge in [-0.3, -0.25) is 4.79 Å². The number of anilines is 1. The normalized spacial score (nSPS) is 10.4. The zero-order chi connectivity index (χ0) is 13.8. The van der Waals surface area contributed by atoms with Gasteiger partial charge in [0.05, 0.1) is 17.5 Å². The number of aromatic nitrogens is 2. The molecule has 0 saturated carbocycles. The van der Waals surface area contributed by atoms with E-state index in [4.69, 9.17) is 0 Å². The number of benzene rings is 1. The quantitative estimate of drug-likeness (QED) is 0.803. The molecule has 0 aliphatic carbocycles. The van der Waals surface area contributed by atoms with E-state index in [1.807, 2.05) is 41.8 Å². The average molecular weight is 301 g/mol.